The molecule has 8 atom stereocenters. The van der Waals surface area contributed by atoms with E-state index < -0.39 is 35.6 Å². The Balaban J connectivity index is 1.44. The molecule has 0 radical (unpaired) electrons. The SMILES string of the molecule is COc1nc(/C=C(\C)[C@@H]2C[C@@H]3O[C@]3(C)CCC[C@@H]3C[C@@](C)(C(=O)[C@H](C)[C@H]3O)[C@@H](O)CC(=O)O2)nc2c1ncn2C. The summed E-state index contributed by atoms with van der Waals surface area (Å²) in [7, 11) is 3.35. The Bertz CT molecular complexity index is 1340. The van der Waals surface area contributed by atoms with Gasteiger partial charge in [-0.1, -0.05) is 20.3 Å². The van der Waals surface area contributed by atoms with E-state index in [0.29, 0.717) is 41.3 Å². The first-order chi connectivity index (χ1) is 18.9. The zero-order valence-electron chi connectivity index (χ0n) is 24.1. The minimum atomic E-state index is -1.22. The van der Waals surface area contributed by atoms with Crippen LogP contribution in [0.25, 0.3) is 17.2 Å². The van der Waals surface area contributed by atoms with Gasteiger partial charge in [0, 0.05) is 19.4 Å². The lowest BCUT2D eigenvalue weighted by Gasteiger charge is -2.45. The van der Waals surface area contributed by atoms with Gasteiger partial charge in [-0.15, -0.1) is 0 Å². The number of hydrogen-bond donors (Lipinski definition) is 2. The molecule has 11 heteroatoms. The first-order valence-corrected chi connectivity index (χ1v) is 14.0. The summed E-state index contributed by atoms with van der Waals surface area (Å²) in [6, 6.07) is 0. The highest BCUT2D eigenvalue weighted by atomic mass is 16.6. The Kier molecular flexibility index (Phi) is 7.52. The summed E-state index contributed by atoms with van der Waals surface area (Å²) in [5.74, 6) is -0.843. The molecule has 2 N–H and O–H groups in total. The van der Waals surface area contributed by atoms with E-state index in [-0.39, 0.29) is 29.8 Å². The van der Waals surface area contributed by atoms with E-state index in [1.54, 1.807) is 30.8 Å². The highest BCUT2D eigenvalue weighted by Crippen LogP contribution is 2.48. The maximum absolute atomic E-state index is 13.2. The average Bonchev–Trinajstić information content (AvgIpc) is 3.39. The number of esters is 1. The van der Waals surface area contributed by atoms with E-state index in [1.807, 2.05) is 14.0 Å². The van der Waals surface area contributed by atoms with Crippen LogP contribution in [0.2, 0.25) is 0 Å². The van der Waals surface area contributed by atoms with E-state index in [0.717, 1.165) is 19.3 Å². The van der Waals surface area contributed by atoms with Crippen LogP contribution in [0.15, 0.2) is 11.9 Å². The van der Waals surface area contributed by atoms with Crippen LogP contribution in [0, 0.1) is 17.3 Å². The van der Waals surface area contributed by atoms with Crippen molar-refractivity contribution < 1.29 is 34.0 Å². The average molecular weight is 557 g/mol. The second kappa shape index (κ2) is 10.5. The Hall–Kier alpha value is -2.89. The molecule has 0 amide bonds. The smallest absolute Gasteiger partial charge is 0.309 e. The predicted octanol–water partition coefficient (Wildman–Crippen LogP) is 2.76. The third-order valence-corrected chi connectivity index (χ3v) is 9.34. The van der Waals surface area contributed by atoms with Gasteiger partial charge in [0.1, 0.15) is 11.9 Å². The summed E-state index contributed by atoms with van der Waals surface area (Å²) in [6.07, 6.45) is 3.41. The zero-order valence-corrected chi connectivity index (χ0v) is 24.1. The van der Waals surface area contributed by atoms with Gasteiger partial charge in [0.15, 0.2) is 17.0 Å². The van der Waals surface area contributed by atoms with E-state index in [4.69, 9.17) is 14.2 Å². The lowest BCUT2D eigenvalue weighted by molar-refractivity contribution is -0.161. The number of carbonyl (C=O) groups excluding carboxylic acids is 2. The Morgan fingerprint density at radius 1 is 1.25 bits per heavy atom. The maximum Gasteiger partial charge on any atom is 0.309 e. The summed E-state index contributed by atoms with van der Waals surface area (Å²) >= 11 is 0. The molecule has 0 aromatic carbocycles. The van der Waals surface area contributed by atoms with Crippen molar-refractivity contribution in [2.24, 2.45) is 24.3 Å². The van der Waals surface area contributed by atoms with Crippen LogP contribution in [0.5, 0.6) is 5.88 Å². The van der Waals surface area contributed by atoms with Crippen molar-refractivity contribution in [2.45, 2.75) is 96.2 Å². The highest BCUT2D eigenvalue weighted by molar-refractivity contribution is 5.89. The summed E-state index contributed by atoms with van der Waals surface area (Å²) in [5, 5.41) is 22.0. The minimum Gasteiger partial charge on any atom is -0.479 e. The monoisotopic (exact) mass is 556 g/mol. The van der Waals surface area contributed by atoms with Crippen LogP contribution in [0.1, 0.15) is 72.0 Å². The summed E-state index contributed by atoms with van der Waals surface area (Å²) in [6.45, 7) is 7.32. The molecule has 0 unspecified atom stereocenters. The topological polar surface area (TPSA) is 149 Å². The number of fused-ring (bicyclic) bond motifs is 4. The first kappa shape index (κ1) is 28.6. The number of hydrogen-bond acceptors (Lipinski definition) is 10. The van der Waals surface area contributed by atoms with Crippen molar-refractivity contribution in [3.63, 3.8) is 0 Å². The molecular weight excluding hydrogens is 516 g/mol. The number of aryl methyl sites for hydroxylation is 1. The molecule has 218 valence electrons. The molecule has 2 aromatic heterocycles. The zero-order chi connectivity index (χ0) is 29.0. The fourth-order valence-corrected chi connectivity index (χ4v) is 6.56. The number of ether oxygens (including phenoxy) is 3. The van der Waals surface area contributed by atoms with Crippen molar-refractivity contribution >= 4 is 29.0 Å². The van der Waals surface area contributed by atoms with Crippen LogP contribution in [-0.4, -0.2) is 78.6 Å². The summed E-state index contributed by atoms with van der Waals surface area (Å²) in [4.78, 5) is 39.8. The number of aromatic nitrogens is 4. The van der Waals surface area contributed by atoms with Gasteiger partial charge in [-0.25, -0.2) is 9.97 Å². The number of epoxide rings is 1. The van der Waals surface area contributed by atoms with Gasteiger partial charge in [-0.05, 0) is 50.7 Å². The predicted molar refractivity (Wildman–Crippen MR) is 145 cm³/mol. The molecule has 1 aliphatic carbocycles. The summed E-state index contributed by atoms with van der Waals surface area (Å²) in [5.41, 5.74) is 0.381. The van der Waals surface area contributed by atoms with Gasteiger partial charge in [-0.3, -0.25) is 9.59 Å². The van der Waals surface area contributed by atoms with Crippen molar-refractivity contribution in [3.8, 4) is 5.88 Å². The van der Waals surface area contributed by atoms with Crippen molar-refractivity contribution in [1.29, 1.82) is 0 Å². The fourth-order valence-electron chi connectivity index (χ4n) is 6.56. The normalized spacial score (nSPS) is 37.5. The molecule has 2 saturated heterocycles. The molecule has 2 aliphatic heterocycles. The molecule has 3 fully saturated rings. The van der Waals surface area contributed by atoms with Crippen LogP contribution >= 0.6 is 0 Å². The van der Waals surface area contributed by atoms with Crippen molar-refractivity contribution in [3.05, 3.63) is 17.7 Å². The molecule has 1 saturated carbocycles. The largest absolute Gasteiger partial charge is 0.479 e. The number of nitrogens with zero attached hydrogens (tertiary/aromatic N) is 4. The number of Topliss-reactive ketones (excluding diaryl/α,β-unsaturated/α-hetero) is 1. The van der Waals surface area contributed by atoms with Gasteiger partial charge < -0.3 is 29.0 Å². The molecule has 3 aliphatic rings. The van der Waals surface area contributed by atoms with Crippen LogP contribution in [0.4, 0.5) is 0 Å². The lowest BCUT2D eigenvalue weighted by Crippen LogP contribution is -2.54. The third kappa shape index (κ3) is 5.14. The van der Waals surface area contributed by atoms with E-state index in [2.05, 4.69) is 21.9 Å². The van der Waals surface area contributed by atoms with Crippen LogP contribution in [0.3, 0.4) is 0 Å². The fraction of sp³-hybridized carbons (Fsp3) is 0.690. The van der Waals surface area contributed by atoms with Gasteiger partial charge in [0.25, 0.3) is 0 Å². The molecular formula is C29H40N4O7. The van der Waals surface area contributed by atoms with E-state index in [9.17, 15) is 19.8 Å². The second-order valence-electron chi connectivity index (χ2n) is 12.3. The molecule has 2 bridgehead atoms. The number of aliphatic hydroxyl groups excluding tert-OH is 2. The van der Waals surface area contributed by atoms with Gasteiger partial charge >= 0.3 is 5.97 Å². The van der Waals surface area contributed by atoms with Crippen molar-refractivity contribution in [2.75, 3.05) is 7.11 Å². The van der Waals surface area contributed by atoms with Gasteiger partial charge in [0.2, 0.25) is 5.88 Å². The molecule has 4 heterocycles. The van der Waals surface area contributed by atoms with Crippen molar-refractivity contribution in [1.82, 2.24) is 19.5 Å². The van der Waals surface area contributed by atoms with E-state index >= 15 is 0 Å². The highest BCUT2D eigenvalue weighted by Gasteiger charge is 2.55. The number of imidazole rings is 1. The van der Waals surface area contributed by atoms with Crippen LogP contribution < -0.4 is 4.74 Å². The number of ketones is 1. The number of carbonyl (C=O) groups is 2. The molecule has 5 rings (SSSR count). The molecule has 2 aromatic rings. The van der Waals surface area contributed by atoms with Gasteiger partial charge in [0.05, 0.1) is 49.2 Å². The quantitative estimate of drug-likeness (QED) is 0.427. The Labute approximate surface area is 233 Å². The lowest BCUT2D eigenvalue weighted by atomic mass is 9.60. The number of cyclic esters (lactones) is 1. The van der Waals surface area contributed by atoms with E-state index in [1.165, 1.54) is 7.11 Å². The number of rotatable bonds is 3. The standard InChI is InChI=1S/C29H40N4O7/c1-15(10-21-31-26-23(27(32-21)38-6)30-14-33(26)5)18-11-20-29(4,40-20)9-7-8-17-13-28(3,19(34)12-22(35)39-18)25(37)16(2)24(17)36/h10,14,16-20,24,34,36H,7-9,11-13H2,1-6H3/b15-10+/t16-,17-,18+,19+,20+,24-,28-,29-/m1/s1. The van der Waals surface area contributed by atoms with Gasteiger partial charge in [-0.2, -0.15) is 4.98 Å². The Morgan fingerprint density at radius 3 is 2.73 bits per heavy atom. The molecule has 11 nitrogen and oxygen atoms in total. The Morgan fingerprint density at radius 2 is 2.00 bits per heavy atom. The van der Waals surface area contributed by atoms with Crippen LogP contribution in [-0.2, 0) is 26.1 Å². The second-order valence-corrected chi connectivity index (χ2v) is 12.3. The number of aliphatic hydroxyl groups is 2. The molecule has 0 spiro atoms. The maximum atomic E-state index is 13.2. The number of methoxy groups -OCH3 is 1. The summed E-state index contributed by atoms with van der Waals surface area (Å²) < 4.78 is 19.3. The molecule has 40 heavy (non-hydrogen) atoms. The first-order valence-electron chi connectivity index (χ1n) is 14.0. The third-order valence-electron chi connectivity index (χ3n) is 9.34. The minimum absolute atomic E-state index is 0.112.